The molecule has 0 aliphatic carbocycles. The van der Waals surface area contributed by atoms with Gasteiger partial charge < -0.3 is 9.88 Å². The molecule has 1 aliphatic heterocycles. The van der Waals surface area contributed by atoms with Crippen molar-refractivity contribution in [3.63, 3.8) is 0 Å². The standard InChI is InChI=1S/C19H18N6O2/c1-23-15-7-3-2-5-13(15)16(22-23)18(26)24-10-8-12(11-24)25-17-14(21-19(25)27)6-4-9-20-17/h2-7,9,12H,8,10-11H2,1H3,(H,21,27)/t12-/m1/s1. The van der Waals surface area contributed by atoms with Crippen molar-refractivity contribution >= 4 is 28.0 Å². The summed E-state index contributed by atoms with van der Waals surface area (Å²) in [6.07, 6.45) is 2.38. The third kappa shape index (κ3) is 2.37. The Labute approximate surface area is 154 Å². The number of pyridine rings is 1. The van der Waals surface area contributed by atoms with Crippen molar-refractivity contribution in [2.75, 3.05) is 13.1 Å². The van der Waals surface area contributed by atoms with Crippen LogP contribution in [0.3, 0.4) is 0 Å². The van der Waals surface area contributed by atoms with E-state index in [0.717, 1.165) is 10.9 Å². The Kier molecular flexibility index (Phi) is 3.40. The Morgan fingerprint density at radius 3 is 2.96 bits per heavy atom. The number of amides is 1. The van der Waals surface area contributed by atoms with Crippen LogP contribution in [0.15, 0.2) is 47.4 Å². The monoisotopic (exact) mass is 362 g/mol. The molecular weight excluding hydrogens is 344 g/mol. The van der Waals surface area contributed by atoms with Gasteiger partial charge in [-0.25, -0.2) is 9.78 Å². The number of para-hydroxylation sites is 1. The number of hydrogen-bond acceptors (Lipinski definition) is 4. The van der Waals surface area contributed by atoms with Gasteiger partial charge in [0.1, 0.15) is 0 Å². The van der Waals surface area contributed by atoms with Gasteiger partial charge in [0.2, 0.25) is 0 Å². The molecule has 1 aromatic carbocycles. The molecule has 3 aromatic heterocycles. The molecule has 0 bridgehead atoms. The summed E-state index contributed by atoms with van der Waals surface area (Å²) in [6.45, 7) is 1.05. The average molecular weight is 362 g/mol. The number of benzene rings is 1. The van der Waals surface area contributed by atoms with Crippen LogP contribution < -0.4 is 5.69 Å². The maximum absolute atomic E-state index is 13.1. The van der Waals surface area contributed by atoms with Crippen molar-refractivity contribution in [2.45, 2.75) is 12.5 Å². The molecule has 4 heterocycles. The number of nitrogens with one attached hydrogen (secondary N) is 1. The first-order valence-corrected chi connectivity index (χ1v) is 8.90. The molecule has 5 rings (SSSR count). The molecule has 1 aliphatic rings. The summed E-state index contributed by atoms with van der Waals surface area (Å²) < 4.78 is 3.39. The maximum Gasteiger partial charge on any atom is 0.327 e. The fourth-order valence-corrected chi connectivity index (χ4v) is 3.96. The number of aryl methyl sites for hydroxylation is 1. The van der Waals surface area contributed by atoms with E-state index >= 15 is 0 Å². The first-order chi connectivity index (χ1) is 13.1. The van der Waals surface area contributed by atoms with Gasteiger partial charge in [0.25, 0.3) is 5.91 Å². The molecule has 1 fully saturated rings. The Hall–Kier alpha value is -3.42. The Morgan fingerprint density at radius 1 is 1.22 bits per heavy atom. The van der Waals surface area contributed by atoms with Crippen molar-refractivity contribution < 1.29 is 4.79 Å². The molecule has 136 valence electrons. The highest BCUT2D eigenvalue weighted by atomic mass is 16.2. The van der Waals surface area contributed by atoms with Gasteiger partial charge in [-0.2, -0.15) is 5.10 Å². The van der Waals surface area contributed by atoms with E-state index in [1.165, 1.54) is 0 Å². The summed E-state index contributed by atoms with van der Waals surface area (Å²) in [7, 11) is 1.84. The zero-order valence-corrected chi connectivity index (χ0v) is 14.8. The van der Waals surface area contributed by atoms with E-state index in [1.54, 1.807) is 26.4 Å². The highest BCUT2D eigenvalue weighted by Crippen LogP contribution is 2.26. The Balaban J connectivity index is 1.47. The largest absolute Gasteiger partial charge is 0.335 e. The number of H-pyrrole nitrogens is 1. The second-order valence-corrected chi connectivity index (χ2v) is 6.86. The van der Waals surface area contributed by atoms with Crippen LogP contribution in [0.4, 0.5) is 0 Å². The van der Waals surface area contributed by atoms with Gasteiger partial charge in [-0.1, -0.05) is 18.2 Å². The Bertz CT molecular complexity index is 1230. The molecule has 1 saturated heterocycles. The summed E-state index contributed by atoms with van der Waals surface area (Å²) in [4.78, 5) is 34.4. The number of carbonyl (C=O) groups excluding carboxylic acids is 1. The third-order valence-corrected chi connectivity index (χ3v) is 5.25. The maximum atomic E-state index is 13.1. The molecule has 4 aromatic rings. The summed E-state index contributed by atoms with van der Waals surface area (Å²) in [6, 6.07) is 11.2. The van der Waals surface area contributed by atoms with Gasteiger partial charge in [0.05, 0.1) is 17.1 Å². The van der Waals surface area contributed by atoms with Crippen LogP contribution in [-0.4, -0.2) is 48.2 Å². The third-order valence-electron chi connectivity index (χ3n) is 5.25. The summed E-state index contributed by atoms with van der Waals surface area (Å²) in [5.74, 6) is -0.102. The fraction of sp³-hybridized carbons (Fsp3) is 0.263. The van der Waals surface area contributed by atoms with E-state index in [2.05, 4.69) is 15.1 Å². The fourth-order valence-electron chi connectivity index (χ4n) is 3.96. The number of carbonyl (C=O) groups is 1. The van der Waals surface area contributed by atoms with Gasteiger partial charge in [-0.05, 0) is 24.6 Å². The van der Waals surface area contributed by atoms with E-state index in [1.807, 2.05) is 37.4 Å². The van der Waals surface area contributed by atoms with Gasteiger partial charge in [-0.3, -0.25) is 14.0 Å². The lowest BCUT2D eigenvalue weighted by atomic mass is 10.2. The number of nitrogens with zero attached hydrogens (tertiary/aromatic N) is 5. The predicted octanol–water partition coefficient (Wildman–Crippen LogP) is 1.70. The lowest BCUT2D eigenvalue weighted by molar-refractivity contribution is 0.0783. The van der Waals surface area contributed by atoms with E-state index < -0.39 is 0 Å². The summed E-state index contributed by atoms with van der Waals surface area (Å²) in [5, 5.41) is 5.27. The van der Waals surface area contributed by atoms with Gasteiger partial charge >= 0.3 is 5.69 Å². The molecule has 1 amide bonds. The quantitative estimate of drug-likeness (QED) is 0.588. The molecule has 1 atom stereocenters. The lowest BCUT2D eigenvalue weighted by Crippen LogP contribution is -2.31. The number of fused-ring (bicyclic) bond motifs is 2. The number of rotatable bonds is 2. The van der Waals surface area contributed by atoms with Gasteiger partial charge in [0, 0.05) is 31.7 Å². The number of aromatic nitrogens is 5. The molecule has 8 heteroatoms. The van der Waals surface area contributed by atoms with E-state index in [-0.39, 0.29) is 17.6 Å². The van der Waals surface area contributed by atoms with Crippen LogP contribution in [0, 0.1) is 0 Å². The molecule has 27 heavy (non-hydrogen) atoms. The minimum Gasteiger partial charge on any atom is -0.335 e. The minimum atomic E-state index is -0.189. The Morgan fingerprint density at radius 2 is 2.07 bits per heavy atom. The van der Waals surface area contributed by atoms with Gasteiger partial charge in [0.15, 0.2) is 11.3 Å². The number of aromatic amines is 1. The molecular formula is C19H18N6O2. The normalized spacial score (nSPS) is 17.2. The molecule has 0 unspecified atom stereocenters. The van der Waals surface area contributed by atoms with Crippen molar-refractivity contribution in [1.29, 1.82) is 0 Å². The smallest absolute Gasteiger partial charge is 0.327 e. The van der Waals surface area contributed by atoms with Crippen LogP contribution >= 0.6 is 0 Å². The highest BCUT2D eigenvalue weighted by molar-refractivity contribution is 6.04. The highest BCUT2D eigenvalue weighted by Gasteiger charge is 2.32. The molecule has 0 spiro atoms. The topological polar surface area (TPSA) is 88.8 Å². The second kappa shape index (κ2) is 5.80. The number of imidazole rings is 1. The second-order valence-electron chi connectivity index (χ2n) is 6.86. The zero-order chi connectivity index (χ0) is 18.5. The van der Waals surface area contributed by atoms with Crippen LogP contribution in [0.1, 0.15) is 23.0 Å². The van der Waals surface area contributed by atoms with Crippen molar-refractivity contribution in [3.05, 3.63) is 58.8 Å². The van der Waals surface area contributed by atoms with E-state index in [9.17, 15) is 9.59 Å². The summed E-state index contributed by atoms with van der Waals surface area (Å²) >= 11 is 0. The first-order valence-electron chi connectivity index (χ1n) is 8.90. The van der Waals surface area contributed by atoms with E-state index in [0.29, 0.717) is 36.4 Å². The van der Waals surface area contributed by atoms with E-state index in [4.69, 9.17) is 0 Å². The van der Waals surface area contributed by atoms with Crippen molar-refractivity contribution in [1.82, 2.24) is 29.2 Å². The molecule has 8 nitrogen and oxygen atoms in total. The minimum absolute atomic E-state index is 0.0972. The van der Waals surface area contributed by atoms with Crippen molar-refractivity contribution in [3.8, 4) is 0 Å². The van der Waals surface area contributed by atoms with Crippen LogP contribution in [0.5, 0.6) is 0 Å². The first kappa shape index (κ1) is 15.8. The molecule has 0 radical (unpaired) electrons. The average Bonchev–Trinajstić information content (AvgIpc) is 3.36. The van der Waals surface area contributed by atoms with Crippen molar-refractivity contribution in [2.24, 2.45) is 7.05 Å². The number of hydrogen-bond donors (Lipinski definition) is 1. The molecule has 0 saturated carbocycles. The van der Waals surface area contributed by atoms with Crippen LogP contribution in [0.25, 0.3) is 22.1 Å². The lowest BCUT2D eigenvalue weighted by Gasteiger charge is -2.16. The zero-order valence-electron chi connectivity index (χ0n) is 14.8. The van der Waals surface area contributed by atoms with Crippen LogP contribution in [-0.2, 0) is 7.05 Å². The SMILES string of the molecule is Cn1nc(C(=O)N2CC[C@@H](n3c(=O)[nH]c4cccnc43)C2)c2ccccc21. The molecule has 1 N–H and O–H groups in total. The van der Waals surface area contributed by atoms with Crippen LogP contribution in [0.2, 0.25) is 0 Å². The van der Waals surface area contributed by atoms with Gasteiger partial charge in [-0.15, -0.1) is 0 Å². The number of likely N-dealkylation sites (tertiary alicyclic amines) is 1. The predicted molar refractivity (Wildman–Crippen MR) is 101 cm³/mol. The summed E-state index contributed by atoms with van der Waals surface area (Å²) in [5.41, 5.74) is 2.53.